The van der Waals surface area contributed by atoms with E-state index in [1.54, 1.807) is 19.4 Å². The van der Waals surface area contributed by atoms with E-state index in [4.69, 9.17) is 20.4 Å². The van der Waals surface area contributed by atoms with Gasteiger partial charge in [-0.3, -0.25) is 14.5 Å². The number of allylic oxidation sites excluding steroid dienone is 1. The Hall–Kier alpha value is -2.19. The van der Waals surface area contributed by atoms with Gasteiger partial charge in [0.05, 0.1) is 26.3 Å². The highest BCUT2D eigenvalue weighted by atomic mass is 79.9. The lowest BCUT2D eigenvalue weighted by Crippen LogP contribution is -3.00. The lowest BCUT2D eigenvalue weighted by molar-refractivity contribution is -0.940. The molecule has 366 valence electrons. The molecule has 7 saturated carbocycles. The zero-order chi connectivity index (χ0) is 45.7. The van der Waals surface area contributed by atoms with Gasteiger partial charge in [0.15, 0.2) is 11.9 Å². The van der Waals surface area contributed by atoms with Crippen LogP contribution in [0.3, 0.4) is 0 Å². The molecular weight excluding hydrogens is 891 g/mol. The Morgan fingerprint density at radius 3 is 2.23 bits per heavy atom. The van der Waals surface area contributed by atoms with E-state index in [-0.39, 0.29) is 57.4 Å². The number of aromatic nitrogens is 1. The Balaban J connectivity index is 0.000000180. The van der Waals surface area contributed by atoms with Gasteiger partial charge in [-0.1, -0.05) is 50.8 Å². The van der Waals surface area contributed by atoms with Crippen molar-refractivity contribution in [3.8, 4) is 12.3 Å². The standard InChI is InChI=1S/C34H57N2O4.C22H27NO2.BrH/c1-23(37)39-31-20-25-12-13-26-27(34(25,4)22-29(31)35-16-8-6-9-17-35)14-15-33(3)28(26)21-30(32(33)40-24(2)38)36(5)18-10-7-11-19-36;1-4-22(24)10-8-18-16-6-5-15-11-19-14(13-23-25-19)12-20(15,2)17(16)7-9-21(18,22)3;/h25-32H,6-22H2,1-5H3;1,11,13,16-18,24H,5-10,12H2,2-3H3;1H/q+1;;/p-1/t25-,26+,27-,28-,29-,30-,31-,32-,33-,34-;16-,17+,18+,20+,21+,22+;/m01./s1. The molecule has 11 rings (SSSR count). The van der Waals surface area contributed by atoms with Crippen LogP contribution in [0, 0.1) is 75.4 Å². The van der Waals surface area contributed by atoms with Crippen LogP contribution < -0.4 is 17.0 Å². The van der Waals surface area contributed by atoms with Crippen molar-refractivity contribution >= 4 is 18.0 Å². The van der Waals surface area contributed by atoms with Gasteiger partial charge in [-0.25, -0.2) is 0 Å². The summed E-state index contributed by atoms with van der Waals surface area (Å²) in [6, 6.07) is 0.796. The van der Waals surface area contributed by atoms with Crippen LogP contribution in [0.1, 0.15) is 175 Å². The quantitative estimate of drug-likeness (QED) is 0.193. The monoisotopic (exact) mass is 974 g/mol. The average molecular weight is 975 g/mol. The maximum Gasteiger partial charge on any atom is 0.303 e. The summed E-state index contributed by atoms with van der Waals surface area (Å²) >= 11 is 0. The second-order valence-corrected chi connectivity index (χ2v) is 25.2. The SMILES string of the molecule is C#C[C@]1(O)CC[C@H]2[C@@H]3CCC4=Cc5oncc5C[C@]4(C)[C@H]3CC[C@@]21C.CC(=O)O[C@H]1C[C@@H]2CC[C@@H]3[C@H](CC[C@@]4(C)[C@H]3C[C@H]([N+]3(C)CCCCC3)[C@@H]4OC(C)=O)[C@@]2(C)C[C@@H]1N1CCCCC1.[Br-]. The van der Waals surface area contributed by atoms with Gasteiger partial charge in [-0.2, -0.15) is 0 Å². The summed E-state index contributed by atoms with van der Waals surface area (Å²) in [5.74, 6) is 8.14. The van der Waals surface area contributed by atoms with Crippen molar-refractivity contribution in [3.63, 3.8) is 0 Å². The van der Waals surface area contributed by atoms with Crippen molar-refractivity contribution < 1.29 is 50.2 Å². The number of halogens is 1. The predicted molar refractivity (Wildman–Crippen MR) is 253 cm³/mol. The zero-order valence-electron chi connectivity index (χ0n) is 41.8. The van der Waals surface area contributed by atoms with Gasteiger partial charge in [0.1, 0.15) is 17.7 Å². The number of fused-ring (bicyclic) bond motifs is 11. The number of quaternary nitrogens is 1. The molecule has 9 fully saturated rings. The number of piperidine rings is 2. The second-order valence-electron chi connectivity index (χ2n) is 25.2. The highest BCUT2D eigenvalue weighted by Crippen LogP contribution is 2.69. The van der Waals surface area contributed by atoms with E-state index in [2.05, 4.69) is 56.8 Å². The van der Waals surface area contributed by atoms with Crippen LogP contribution in [0.4, 0.5) is 0 Å². The molecule has 1 aromatic rings. The summed E-state index contributed by atoms with van der Waals surface area (Å²) in [5, 5.41) is 15.1. The molecule has 1 N–H and O–H groups in total. The fourth-order valence-corrected chi connectivity index (χ4v) is 18.9. The highest BCUT2D eigenvalue weighted by Gasteiger charge is 2.68. The lowest BCUT2D eigenvalue weighted by atomic mass is 9.44. The fourth-order valence-electron chi connectivity index (χ4n) is 18.9. The number of aliphatic hydroxyl groups is 1. The van der Waals surface area contributed by atoms with Crippen molar-refractivity contribution in [1.29, 1.82) is 0 Å². The molecule has 0 aromatic carbocycles. The third kappa shape index (κ3) is 7.74. The van der Waals surface area contributed by atoms with Crippen LogP contribution >= 0.6 is 0 Å². The number of carbonyl (C=O) groups excluding carboxylic acids is 2. The topological polar surface area (TPSA) is 102 Å². The van der Waals surface area contributed by atoms with Crippen LogP contribution in [-0.2, 0) is 25.5 Å². The molecule has 3 heterocycles. The number of likely N-dealkylation sites (tertiary alicyclic amines) is 2. The molecule has 0 radical (unpaired) electrons. The number of ether oxygens (including phenoxy) is 2. The molecule has 66 heavy (non-hydrogen) atoms. The normalized spacial score (nSPS) is 46.5. The Morgan fingerprint density at radius 1 is 0.833 bits per heavy atom. The van der Waals surface area contributed by atoms with Crippen molar-refractivity contribution in [2.24, 2.45) is 63.1 Å². The van der Waals surface area contributed by atoms with Crippen molar-refractivity contribution in [1.82, 2.24) is 10.1 Å². The maximum atomic E-state index is 12.5. The minimum absolute atomic E-state index is 0. The smallest absolute Gasteiger partial charge is 0.303 e. The summed E-state index contributed by atoms with van der Waals surface area (Å²) in [7, 11) is 2.47. The second kappa shape index (κ2) is 17.9. The first-order chi connectivity index (χ1) is 31.0. The Kier molecular flexibility index (Phi) is 13.2. The molecule has 0 amide bonds. The highest BCUT2D eigenvalue weighted by molar-refractivity contribution is 5.66. The third-order valence-electron chi connectivity index (χ3n) is 22.4. The third-order valence-corrected chi connectivity index (χ3v) is 22.4. The van der Waals surface area contributed by atoms with Gasteiger partial charge in [0.25, 0.3) is 0 Å². The molecule has 0 bridgehead atoms. The predicted octanol–water partition coefficient (Wildman–Crippen LogP) is 7.19. The maximum absolute atomic E-state index is 12.5. The minimum atomic E-state index is -0.909. The summed E-state index contributed by atoms with van der Waals surface area (Å²) in [5.41, 5.74) is 2.37. The number of carbonyl (C=O) groups is 2. The minimum Gasteiger partial charge on any atom is -1.00 e. The van der Waals surface area contributed by atoms with Crippen LogP contribution in [0.15, 0.2) is 16.3 Å². The van der Waals surface area contributed by atoms with E-state index in [1.807, 2.05) is 6.20 Å². The molecule has 1 aromatic heterocycles. The molecule has 8 aliphatic carbocycles. The Labute approximate surface area is 408 Å². The van der Waals surface area contributed by atoms with Gasteiger partial charge < -0.3 is 40.6 Å². The molecule has 16 atom stereocenters. The molecule has 2 aliphatic heterocycles. The molecule has 0 spiro atoms. The summed E-state index contributed by atoms with van der Waals surface area (Å²) < 4.78 is 19.0. The first-order valence-corrected chi connectivity index (χ1v) is 26.7. The van der Waals surface area contributed by atoms with Gasteiger partial charge in [-0.05, 0) is 187 Å². The summed E-state index contributed by atoms with van der Waals surface area (Å²) in [6.45, 7) is 17.8. The molecule has 10 aliphatic rings. The number of rotatable bonds is 4. The van der Waals surface area contributed by atoms with E-state index in [1.165, 1.54) is 102 Å². The van der Waals surface area contributed by atoms with E-state index in [0.29, 0.717) is 53.0 Å². The molecule has 2 saturated heterocycles. The molecule has 9 nitrogen and oxygen atoms in total. The Morgan fingerprint density at radius 2 is 1.52 bits per heavy atom. The summed E-state index contributed by atoms with van der Waals surface area (Å²) in [4.78, 5) is 27.4. The summed E-state index contributed by atoms with van der Waals surface area (Å²) in [6.07, 6.45) is 33.7. The number of likely N-dealkylation sites (N-methyl/N-ethyl adjacent to an activating group) is 1. The number of terminal acetylenes is 1. The van der Waals surface area contributed by atoms with Crippen molar-refractivity contribution in [2.45, 2.75) is 200 Å². The van der Waals surface area contributed by atoms with Gasteiger partial charge in [0.2, 0.25) is 0 Å². The number of hydrogen-bond donors (Lipinski definition) is 1. The first kappa shape index (κ1) is 48.8. The molecular formula is C56H84BrN3O6. The lowest BCUT2D eigenvalue weighted by Gasteiger charge is -2.62. The first-order valence-electron chi connectivity index (χ1n) is 26.7. The largest absolute Gasteiger partial charge is 1.00 e. The van der Waals surface area contributed by atoms with E-state index >= 15 is 0 Å². The zero-order valence-corrected chi connectivity index (χ0v) is 43.3. The molecule has 0 unspecified atom stereocenters. The number of hydrogen-bond acceptors (Lipinski definition) is 8. The average Bonchev–Trinajstić information content (AvgIpc) is 3.94. The van der Waals surface area contributed by atoms with Crippen molar-refractivity contribution in [2.75, 3.05) is 33.2 Å². The number of nitrogens with zero attached hydrogens (tertiary/aromatic N) is 3. The van der Waals surface area contributed by atoms with Gasteiger partial charge >= 0.3 is 11.9 Å². The van der Waals surface area contributed by atoms with Crippen LogP contribution in [-0.4, -0.2) is 94.7 Å². The van der Waals surface area contributed by atoms with Crippen LogP contribution in [0.25, 0.3) is 6.08 Å². The van der Waals surface area contributed by atoms with Gasteiger partial charge in [-0.15, -0.1) is 6.42 Å². The van der Waals surface area contributed by atoms with Crippen LogP contribution in [0.2, 0.25) is 0 Å². The van der Waals surface area contributed by atoms with E-state index < -0.39 is 5.60 Å². The van der Waals surface area contributed by atoms with Gasteiger partial charge in [0, 0.05) is 42.7 Å². The van der Waals surface area contributed by atoms with Crippen molar-refractivity contribution in [3.05, 3.63) is 23.1 Å². The van der Waals surface area contributed by atoms with E-state index in [9.17, 15) is 14.7 Å². The Bertz CT molecular complexity index is 2050. The fraction of sp³-hybridized carbons (Fsp3) is 0.839. The molecule has 10 heteroatoms. The van der Waals surface area contributed by atoms with Crippen LogP contribution in [0.5, 0.6) is 0 Å². The number of esters is 2. The van der Waals surface area contributed by atoms with E-state index in [0.717, 1.165) is 74.2 Å².